The number of pyridine rings is 1. The van der Waals surface area contributed by atoms with E-state index in [9.17, 15) is 0 Å². The Hall–Kier alpha value is -2.72. The third-order valence-corrected chi connectivity index (χ3v) is 4.66. The predicted molar refractivity (Wildman–Crippen MR) is 94.8 cm³/mol. The molecule has 0 unspecified atom stereocenters. The van der Waals surface area contributed by atoms with Crippen LogP contribution in [0.4, 0.5) is 0 Å². The van der Waals surface area contributed by atoms with Crippen molar-refractivity contribution in [3.63, 3.8) is 0 Å². The third kappa shape index (κ3) is 2.58. The summed E-state index contributed by atoms with van der Waals surface area (Å²) in [6, 6.07) is 16.2. The number of ether oxygens (including phenoxy) is 1. The molecule has 4 aromatic rings. The number of nitrogens with zero attached hydrogens (tertiary/aromatic N) is 2. The molecule has 0 fully saturated rings. The molecule has 0 radical (unpaired) electrons. The Bertz CT molecular complexity index is 955. The van der Waals surface area contributed by atoms with Crippen LogP contribution >= 0.6 is 11.3 Å². The van der Waals surface area contributed by atoms with Gasteiger partial charge in [-0.15, -0.1) is 11.3 Å². The highest BCUT2D eigenvalue weighted by Gasteiger charge is 2.10. The van der Waals surface area contributed by atoms with Crippen LogP contribution < -0.4 is 4.74 Å². The summed E-state index contributed by atoms with van der Waals surface area (Å²) in [5.74, 6) is 0.849. The lowest BCUT2D eigenvalue weighted by molar-refractivity contribution is 0.415. The molecule has 0 bridgehead atoms. The first-order chi connectivity index (χ1) is 11.3. The van der Waals surface area contributed by atoms with Crippen LogP contribution in [0.3, 0.4) is 0 Å². The fraction of sp³-hybridized carbons (Fsp3) is 0.0526. The van der Waals surface area contributed by atoms with E-state index in [1.54, 1.807) is 18.4 Å². The van der Waals surface area contributed by atoms with Gasteiger partial charge in [0.25, 0.3) is 0 Å². The Morgan fingerprint density at radius 3 is 2.61 bits per heavy atom. The van der Waals surface area contributed by atoms with Crippen molar-refractivity contribution in [1.29, 1.82) is 0 Å². The molecule has 0 saturated heterocycles. The van der Waals surface area contributed by atoms with Crippen molar-refractivity contribution in [2.24, 2.45) is 0 Å². The topological polar surface area (TPSA) is 35.0 Å². The molecule has 2 aromatic heterocycles. The Morgan fingerprint density at radius 1 is 0.957 bits per heavy atom. The summed E-state index contributed by atoms with van der Waals surface area (Å²) in [6.07, 6.45) is 3.77. The first kappa shape index (κ1) is 13.9. The molecule has 0 amide bonds. The Kier molecular flexibility index (Phi) is 3.52. The number of rotatable bonds is 3. The molecule has 0 aliphatic heterocycles. The first-order valence-electron chi connectivity index (χ1n) is 7.28. The summed E-state index contributed by atoms with van der Waals surface area (Å²) >= 11 is 1.64. The molecule has 112 valence electrons. The molecule has 3 nitrogen and oxygen atoms in total. The van der Waals surface area contributed by atoms with E-state index < -0.39 is 0 Å². The summed E-state index contributed by atoms with van der Waals surface area (Å²) in [6.45, 7) is 0. The van der Waals surface area contributed by atoms with Crippen molar-refractivity contribution < 1.29 is 4.74 Å². The van der Waals surface area contributed by atoms with Gasteiger partial charge in [0.05, 0.1) is 12.8 Å². The average molecular weight is 318 g/mol. The maximum absolute atomic E-state index is 5.20. The fourth-order valence-electron chi connectivity index (χ4n) is 2.58. The first-order valence-corrected chi connectivity index (χ1v) is 8.16. The molecule has 23 heavy (non-hydrogen) atoms. The van der Waals surface area contributed by atoms with Crippen molar-refractivity contribution in [2.75, 3.05) is 7.11 Å². The van der Waals surface area contributed by atoms with E-state index in [-0.39, 0.29) is 0 Å². The van der Waals surface area contributed by atoms with Gasteiger partial charge in [0, 0.05) is 34.3 Å². The van der Waals surface area contributed by atoms with Crippen molar-refractivity contribution in [3.05, 3.63) is 66.3 Å². The van der Waals surface area contributed by atoms with Gasteiger partial charge in [-0.05, 0) is 29.7 Å². The van der Waals surface area contributed by atoms with Crippen molar-refractivity contribution in [2.45, 2.75) is 0 Å². The lowest BCUT2D eigenvalue weighted by atomic mass is 10.1. The zero-order chi connectivity index (χ0) is 15.6. The molecular formula is C19H14N2OS. The van der Waals surface area contributed by atoms with Crippen molar-refractivity contribution >= 4 is 22.1 Å². The van der Waals surface area contributed by atoms with E-state index >= 15 is 0 Å². The van der Waals surface area contributed by atoms with Gasteiger partial charge in [-0.1, -0.05) is 24.3 Å². The van der Waals surface area contributed by atoms with Crippen LogP contribution in [0.5, 0.6) is 5.75 Å². The molecule has 4 rings (SSSR count). The van der Waals surface area contributed by atoms with Crippen LogP contribution in [0.15, 0.2) is 66.3 Å². The third-order valence-electron chi connectivity index (χ3n) is 3.79. The number of fused-ring (bicyclic) bond motifs is 1. The van der Waals surface area contributed by atoms with Gasteiger partial charge in [-0.3, -0.25) is 4.98 Å². The van der Waals surface area contributed by atoms with Gasteiger partial charge in [0.2, 0.25) is 0 Å². The van der Waals surface area contributed by atoms with Crippen LogP contribution in [0.1, 0.15) is 0 Å². The quantitative estimate of drug-likeness (QED) is 0.531. The van der Waals surface area contributed by atoms with Gasteiger partial charge in [-0.2, -0.15) is 0 Å². The van der Waals surface area contributed by atoms with Crippen molar-refractivity contribution in [1.82, 2.24) is 9.97 Å². The molecule has 0 saturated carbocycles. The summed E-state index contributed by atoms with van der Waals surface area (Å²) in [7, 11) is 1.67. The van der Waals surface area contributed by atoms with E-state index in [0.29, 0.717) is 0 Å². The second-order valence-electron chi connectivity index (χ2n) is 5.17. The minimum absolute atomic E-state index is 0.849. The number of hydrogen-bond acceptors (Lipinski definition) is 4. The van der Waals surface area contributed by atoms with Crippen LogP contribution in [-0.2, 0) is 0 Å². The van der Waals surface area contributed by atoms with E-state index in [2.05, 4.69) is 22.5 Å². The molecule has 2 heterocycles. The zero-order valence-corrected chi connectivity index (χ0v) is 13.4. The fourth-order valence-corrected chi connectivity index (χ4v) is 3.43. The maximum atomic E-state index is 5.20. The molecule has 4 heteroatoms. The largest absolute Gasteiger partial charge is 0.497 e. The zero-order valence-electron chi connectivity index (χ0n) is 12.6. The molecule has 0 atom stereocenters. The molecular weight excluding hydrogens is 304 g/mol. The molecule has 0 aliphatic carbocycles. The van der Waals surface area contributed by atoms with Crippen LogP contribution in [-0.4, -0.2) is 17.1 Å². The SMILES string of the molecule is COc1ccc(-c2csc(-c3cncc4ccccc34)n2)cc1. The highest BCUT2D eigenvalue weighted by atomic mass is 32.1. The minimum Gasteiger partial charge on any atom is -0.497 e. The van der Waals surface area contributed by atoms with Gasteiger partial charge in [-0.25, -0.2) is 4.98 Å². The van der Waals surface area contributed by atoms with Crippen molar-refractivity contribution in [3.8, 4) is 27.6 Å². The normalized spacial score (nSPS) is 10.8. The Morgan fingerprint density at radius 2 is 1.78 bits per heavy atom. The Balaban J connectivity index is 1.77. The summed E-state index contributed by atoms with van der Waals surface area (Å²) in [5.41, 5.74) is 3.13. The highest BCUT2D eigenvalue weighted by molar-refractivity contribution is 7.13. The lowest BCUT2D eigenvalue weighted by Crippen LogP contribution is -1.85. The second kappa shape index (κ2) is 5.82. The minimum atomic E-state index is 0.849. The standard InChI is InChI=1S/C19H14N2OS/c1-22-15-8-6-13(7-9-15)18-12-23-19(21-18)17-11-20-10-14-4-2-3-5-16(14)17/h2-12H,1H3. The van der Waals surface area contributed by atoms with Crippen LogP contribution in [0.2, 0.25) is 0 Å². The van der Waals surface area contributed by atoms with E-state index in [1.807, 2.05) is 48.8 Å². The number of benzene rings is 2. The Labute approximate surface area is 138 Å². The predicted octanol–water partition coefficient (Wildman–Crippen LogP) is 5.03. The van der Waals surface area contributed by atoms with Gasteiger partial charge >= 0.3 is 0 Å². The highest BCUT2D eigenvalue weighted by Crippen LogP contribution is 2.33. The second-order valence-corrected chi connectivity index (χ2v) is 6.03. The van der Waals surface area contributed by atoms with E-state index in [4.69, 9.17) is 9.72 Å². The average Bonchev–Trinajstić information content (AvgIpc) is 3.11. The van der Waals surface area contributed by atoms with Gasteiger partial charge in [0.1, 0.15) is 10.8 Å². The summed E-state index contributed by atoms with van der Waals surface area (Å²) < 4.78 is 5.20. The smallest absolute Gasteiger partial charge is 0.126 e. The van der Waals surface area contributed by atoms with Crippen LogP contribution in [0, 0.1) is 0 Å². The summed E-state index contributed by atoms with van der Waals surface area (Å²) in [5, 5.41) is 5.38. The van der Waals surface area contributed by atoms with Gasteiger partial charge < -0.3 is 4.74 Å². The van der Waals surface area contributed by atoms with Gasteiger partial charge in [0.15, 0.2) is 0 Å². The number of methoxy groups -OCH3 is 1. The number of thiazole rings is 1. The molecule has 0 aliphatic rings. The molecule has 0 spiro atoms. The molecule has 0 N–H and O–H groups in total. The maximum Gasteiger partial charge on any atom is 0.126 e. The number of aromatic nitrogens is 2. The van der Waals surface area contributed by atoms with E-state index in [0.717, 1.165) is 33.0 Å². The van der Waals surface area contributed by atoms with Crippen LogP contribution in [0.25, 0.3) is 32.6 Å². The summed E-state index contributed by atoms with van der Waals surface area (Å²) in [4.78, 5) is 9.14. The van der Waals surface area contributed by atoms with E-state index in [1.165, 1.54) is 5.39 Å². The molecule has 2 aromatic carbocycles. The monoisotopic (exact) mass is 318 g/mol. The number of hydrogen-bond donors (Lipinski definition) is 0. The lowest BCUT2D eigenvalue weighted by Gasteiger charge is -2.03.